The number of rotatable bonds is 4. The van der Waals surface area contributed by atoms with Crippen LogP contribution in [0, 0.1) is 0 Å². The molecule has 1 aromatic rings. The van der Waals surface area contributed by atoms with Gasteiger partial charge in [0, 0.05) is 12.6 Å². The highest BCUT2D eigenvalue weighted by atomic mass is 16.2. The van der Waals surface area contributed by atoms with E-state index in [1.165, 1.54) is 12.0 Å². The lowest BCUT2D eigenvalue weighted by Gasteiger charge is -2.37. The van der Waals surface area contributed by atoms with Crippen molar-refractivity contribution in [3.63, 3.8) is 0 Å². The summed E-state index contributed by atoms with van der Waals surface area (Å²) in [6, 6.07) is 10.6. The zero-order valence-electron chi connectivity index (χ0n) is 12.9. The fraction of sp³-hybridized carbons (Fsp3) is 0.588. The highest BCUT2D eigenvalue weighted by Crippen LogP contribution is 2.19. The van der Waals surface area contributed by atoms with E-state index in [1.807, 2.05) is 23.1 Å². The first-order chi connectivity index (χ1) is 9.59. The molecule has 20 heavy (non-hydrogen) atoms. The molecule has 1 atom stereocenters. The van der Waals surface area contributed by atoms with E-state index >= 15 is 0 Å². The van der Waals surface area contributed by atoms with E-state index in [9.17, 15) is 4.79 Å². The fourth-order valence-corrected chi connectivity index (χ4v) is 2.87. The Kier molecular flexibility index (Phi) is 5.18. The van der Waals surface area contributed by atoms with Gasteiger partial charge in [-0.1, -0.05) is 36.8 Å². The molecule has 110 valence electrons. The molecule has 1 aliphatic heterocycles. The first kappa shape index (κ1) is 15.0. The second-order valence-electron chi connectivity index (χ2n) is 6.04. The summed E-state index contributed by atoms with van der Waals surface area (Å²) in [5.74, 6) is 0.283. The predicted molar refractivity (Wildman–Crippen MR) is 82.4 cm³/mol. The average Bonchev–Trinajstić information content (AvgIpc) is 2.45. The predicted octanol–water partition coefficient (Wildman–Crippen LogP) is 2.91. The summed E-state index contributed by atoms with van der Waals surface area (Å²) in [5.41, 5.74) is 1.20. The molecule has 1 saturated heterocycles. The number of hydrogen-bond donors (Lipinski definition) is 0. The van der Waals surface area contributed by atoms with Crippen LogP contribution in [0.2, 0.25) is 0 Å². The van der Waals surface area contributed by atoms with Crippen molar-refractivity contribution in [1.29, 1.82) is 0 Å². The van der Waals surface area contributed by atoms with Gasteiger partial charge in [0.05, 0.1) is 6.04 Å². The molecule has 0 spiro atoms. The minimum Gasteiger partial charge on any atom is -0.335 e. The van der Waals surface area contributed by atoms with Crippen molar-refractivity contribution < 1.29 is 4.79 Å². The number of carbonyl (C=O) groups is 1. The molecule has 1 fully saturated rings. The third kappa shape index (κ3) is 3.60. The van der Waals surface area contributed by atoms with Crippen molar-refractivity contribution in [2.24, 2.45) is 0 Å². The summed E-state index contributed by atoms with van der Waals surface area (Å²) in [6.45, 7) is 5.95. The Morgan fingerprint density at radius 3 is 2.60 bits per heavy atom. The maximum atomic E-state index is 12.8. The molecule has 3 heteroatoms. The largest absolute Gasteiger partial charge is 0.335 e. The molecule has 1 amide bonds. The van der Waals surface area contributed by atoms with Gasteiger partial charge in [-0.05, 0) is 45.8 Å². The highest BCUT2D eigenvalue weighted by molar-refractivity contribution is 5.82. The van der Waals surface area contributed by atoms with Crippen LogP contribution in [-0.4, -0.2) is 41.4 Å². The molecule has 0 N–H and O–H groups in total. The second-order valence-corrected chi connectivity index (χ2v) is 6.04. The first-order valence-electron chi connectivity index (χ1n) is 7.64. The molecule has 1 aromatic carbocycles. The molecule has 0 radical (unpaired) electrons. The fourth-order valence-electron chi connectivity index (χ4n) is 2.87. The molecule has 0 bridgehead atoms. The Morgan fingerprint density at radius 1 is 1.30 bits per heavy atom. The Bertz CT molecular complexity index is 430. The molecule has 0 aliphatic carbocycles. The molecule has 2 rings (SSSR count). The molecule has 1 heterocycles. The summed E-state index contributed by atoms with van der Waals surface area (Å²) < 4.78 is 0. The smallest absolute Gasteiger partial charge is 0.240 e. The SMILES string of the molecule is CC(C)N(Cc1ccccc1)C(=O)C1CCCCN1C. The van der Waals surface area contributed by atoms with Crippen LogP contribution in [-0.2, 0) is 11.3 Å². The normalized spacial score (nSPS) is 20.1. The minimum atomic E-state index is 0.0647. The maximum absolute atomic E-state index is 12.8. The minimum absolute atomic E-state index is 0.0647. The van der Waals surface area contributed by atoms with Gasteiger partial charge in [-0.25, -0.2) is 0 Å². The Hall–Kier alpha value is -1.35. The van der Waals surface area contributed by atoms with Crippen molar-refractivity contribution in [3.8, 4) is 0 Å². The van der Waals surface area contributed by atoms with E-state index in [4.69, 9.17) is 0 Å². The maximum Gasteiger partial charge on any atom is 0.240 e. The van der Waals surface area contributed by atoms with Gasteiger partial charge in [0.25, 0.3) is 0 Å². The first-order valence-corrected chi connectivity index (χ1v) is 7.64. The van der Waals surface area contributed by atoms with Crippen molar-refractivity contribution in [2.75, 3.05) is 13.6 Å². The molecule has 0 aromatic heterocycles. The average molecular weight is 274 g/mol. The quantitative estimate of drug-likeness (QED) is 0.843. The zero-order valence-corrected chi connectivity index (χ0v) is 12.9. The molecule has 1 unspecified atom stereocenters. The highest BCUT2D eigenvalue weighted by Gasteiger charge is 2.30. The number of amides is 1. The summed E-state index contributed by atoms with van der Waals surface area (Å²) >= 11 is 0. The Morgan fingerprint density at radius 2 is 2.00 bits per heavy atom. The van der Waals surface area contributed by atoms with Crippen molar-refractivity contribution in [3.05, 3.63) is 35.9 Å². The van der Waals surface area contributed by atoms with Crippen LogP contribution in [0.1, 0.15) is 38.7 Å². The van der Waals surface area contributed by atoms with Crippen LogP contribution in [0.15, 0.2) is 30.3 Å². The third-order valence-corrected chi connectivity index (χ3v) is 4.16. The van der Waals surface area contributed by atoms with E-state index in [2.05, 4.69) is 37.9 Å². The van der Waals surface area contributed by atoms with Gasteiger partial charge in [-0.2, -0.15) is 0 Å². The molecular formula is C17H26N2O. The Balaban J connectivity index is 2.09. The van der Waals surface area contributed by atoms with Crippen molar-refractivity contribution in [2.45, 2.75) is 51.7 Å². The topological polar surface area (TPSA) is 23.6 Å². The van der Waals surface area contributed by atoms with Crippen LogP contribution in [0.4, 0.5) is 0 Å². The second kappa shape index (κ2) is 6.89. The van der Waals surface area contributed by atoms with Crippen molar-refractivity contribution in [1.82, 2.24) is 9.80 Å². The van der Waals surface area contributed by atoms with Gasteiger partial charge in [0.1, 0.15) is 0 Å². The molecule has 1 aliphatic rings. The number of benzene rings is 1. The van der Waals surface area contributed by atoms with Gasteiger partial charge in [0.2, 0.25) is 5.91 Å². The number of piperidine rings is 1. The Labute approximate surface area is 122 Å². The van der Waals surface area contributed by atoms with Gasteiger partial charge in [-0.15, -0.1) is 0 Å². The van der Waals surface area contributed by atoms with E-state index in [-0.39, 0.29) is 18.0 Å². The molecule has 0 saturated carbocycles. The molecular weight excluding hydrogens is 248 g/mol. The zero-order chi connectivity index (χ0) is 14.5. The van der Waals surface area contributed by atoms with Gasteiger partial charge in [0.15, 0.2) is 0 Å². The van der Waals surface area contributed by atoms with E-state index in [0.717, 1.165) is 19.4 Å². The number of carbonyl (C=O) groups excluding carboxylic acids is 1. The van der Waals surface area contributed by atoms with Crippen LogP contribution in [0.25, 0.3) is 0 Å². The van der Waals surface area contributed by atoms with Crippen LogP contribution < -0.4 is 0 Å². The monoisotopic (exact) mass is 274 g/mol. The van der Waals surface area contributed by atoms with Gasteiger partial charge in [-0.3, -0.25) is 9.69 Å². The number of hydrogen-bond acceptors (Lipinski definition) is 2. The summed E-state index contributed by atoms with van der Waals surface area (Å²) in [4.78, 5) is 17.1. The van der Waals surface area contributed by atoms with Crippen LogP contribution in [0.3, 0.4) is 0 Å². The lowest BCUT2D eigenvalue weighted by Crippen LogP contribution is -2.51. The number of nitrogens with zero attached hydrogens (tertiary/aromatic N) is 2. The van der Waals surface area contributed by atoms with Crippen LogP contribution >= 0.6 is 0 Å². The standard InChI is InChI=1S/C17H26N2O/c1-14(2)19(13-15-9-5-4-6-10-15)17(20)16-11-7-8-12-18(16)3/h4-6,9-10,14,16H,7-8,11-13H2,1-3H3. The number of likely N-dealkylation sites (tertiary alicyclic amines) is 1. The van der Waals surface area contributed by atoms with Crippen LogP contribution in [0.5, 0.6) is 0 Å². The van der Waals surface area contributed by atoms with Crippen molar-refractivity contribution >= 4 is 5.91 Å². The lowest BCUT2D eigenvalue weighted by atomic mass is 10.0. The van der Waals surface area contributed by atoms with Gasteiger partial charge >= 0.3 is 0 Å². The van der Waals surface area contributed by atoms with E-state index in [1.54, 1.807) is 0 Å². The third-order valence-electron chi connectivity index (χ3n) is 4.16. The molecule has 3 nitrogen and oxygen atoms in total. The lowest BCUT2D eigenvalue weighted by molar-refractivity contribution is -0.140. The van der Waals surface area contributed by atoms with Gasteiger partial charge < -0.3 is 4.90 Å². The summed E-state index contributed by atoms with van der Waals surface area (Å²) in [6.07, 6.45) is 3.37. The van der Waals surface area contributed by atoms with E-state index in [0.29, 0.717) is 6.54 Å². The summed E-state index contributed by atoms with van der Waals surface area (Å²) in [7, 11) is 2.07. The van der Waals surface area contributed by atoms with E-state index < -0.39 is 0 Å². The number of likely N-dealkylation sites (N-methyl/N-ethyl adjacent to an activating group) is 1. The summed E-state index contributed by atoms with van der Waals surface area (Å²) in [5, 5.41) is 0.